The lowest BCUT2D eigenvalue weighted by atomic mass is 10.4. The highest BCUT2D eigenvalue weighted by molar-refractivity contribution is 6.19. The van der Waals surface area contributed by atoms with Gasteiger partial charge in [0, 0.05) is 0 Å². The van der Waals surface area contributed by atoms with Crippen molar-refractivity contribution in [2.24, 2.45) is 0 Å². The van der Waals surface area contributed by atoms with Gasteiger partial charge in [0.15, 0.2) is 5.76 Å². The summed E-state index contributed by atoms with van der Waals surface area (Å²) in [6, 6.07) is 2.84. The first-order valence-electron chi connectivity index (χ1n) is 3.12. The fourth-order valence-corrected chi connectivity index (χ4v) is 0.707. The maximum atomic E-state index is 10.3. The van der Waals surface area contributed by atoms with Crippen molar-refractivity contribution in [2.45, 2.75) is 0 Å². The number of carbonyl (C=O) groups is 1. The topological polar surface area (TPSA) is 50.4 Å². The number of aromatic carboxylic acids is 1. The molecule has 0 aliphatic heterocycles. The maximum Gasteiger partial charge on any atom is 0.371 e. The van der Waals surface area contributed by atoms with Crippen LogP contribution in [-0.4, -0.2) is 17.0 Å². The lowest BCUT2D eigenvalue weighted by molar-refractivity contribution is 0.0662. The molecule has 0 saturated heterocycles. The third kappa shape index (κ3) is 2.04. The molecule has 0 aliphatic rings. The number of halogens is 1. The van der Waals surface area contributed by atoms with Crippen molar-refractivity contribution in [2.75, 3.05) is 5.88 Å². The van der Waals surface area contributed by atoms with Gasteiger partial charge in [-0.2, -0.15) is 0 Å². The zero-order chi connectivity index (χ0) is 8.97. The van der Waals surface area contributed by atoms with Crippen LogP contribution in [0.3, 0.4) is 0 Å². The van der Waals surface area contributed by atoms with Gasteiger partial charge in [-0.15, -0.1) is 11.6 Å². The molecule has 0 atom stereocenters. The molecule has 1 heterocycles. The number of carboxylic acids is 1. The van der Waals surface area contributed by atoms with E-state index in [1.165, 1.54) is 12.1 Å². The minimum atomic E-state index is -1.10. The number of carboxylic acid groups (broad SMARTS) is 1. The molecule has 0 saturated carbocycles. The summed E-state index contributed by atoms with van der Waals surface area (Å²) >= 11 is 5.29. The van der Waals surface area contributed by atoms with Crippen LogP contribution in [0.5, 0.6) is 0 Å². The molecule has 1 aromatic rings. The summed E-state index contributed by atoms with van der Waals surface area (Å²) < 4.78 is 4.82. The van der Waals surface area contributed by atoms with Crippen molar-refractivity contribution in [3.63, 3.8) is 0 Å². The molecule has 1 rings (SSSR count). The van der Waals surface area contributed by atoms with E-state index in [-0.39, 0.29) is 11.6 Å². The average Bonchev–Trinajstić information content (AvgIpc) is 2.48. The van der Waals surface area contributed by atoms with E-state index < -0.39 is 5.97 Å². The zero-order valence-electron chi connectivity index (χ0n) is 6.00. The van der Waals surface area contributed by atoms with Gasteiger partial charge < -0.3 is 9.52 Å². The van der Waals surface area contributed by atoms with Crippen LogP contribution < -0.4 is 0 Å². The van der Waals surface area contributed by atoms with Crippen LogP contribution in [-0.2, 0) is 0 Å². The monoisotopic (exact) mass is 184 g/mol. The molecule has 0 radical (unpaired) electrons. The van der Waals surface area contributed by atoms with Crippen molar-refractivity contribution in [3.05, 3.63) is 23.7 Å². The van der Waals surface area contributed by atoms with E-state index in [1.54, 1.807) is 0 Å². The Kier molecular flexibility index (Phi) is 2.78. The third-order valence-corrected chi connectivity index (χ3v) is 1.23. The summed E-state index contributed by atoms with van der Waals surface area (Å²) in [7, 11) is 0. The van der Waals surface area contributed by atoms with Gasteiger partial charge in [-0.3, -0.25) is 0 Å². The predicted molar refractivity (Wildman–Crippen MR) is 43.3 cm³/mol. The van der Waals surface area contributed by atoms with Gasteiger partial charge in [0.05, 0.1) is 5.88 Å². The Bertz CT molecular complexity index is 343. The van der Waals surface area contributed by atoms with Crippen LogP contribution in [0.4, 0.5) is 0 Å². The number of rotatable bonds is 1. The van der Waals surface area contributed by atoms with Crippen molar-refractivity contribution in [1.82, 2.24) is 0 Å². The number of hydrogen-bond donors (Lipinski definition) is 1. The molecule has 0 aliphatic carbocycles. The third-order valence-electron chi connectivity index (χ3n) is 1.10. The molecule has 0 unspecified atom stereocenters. The second-order valence-electron chi connectivity index (χ2n) is 1.90. The first kappa shape index (κ1) is 8.69. The summed E-state index contributed by atoms with van der Waals surface area (Å²) in [5, 5.41) is 8.46. The van der Waals surface area contributed by atoms with Crippen molar-refractivity contribution in [1.29, 1.82) is 0 Å². The van der Waals surface area contributed by atoms with E-state index in [1.807, 2.05) is 0 Å². The Hall–Kier alpha value is -1.40. The van der Waals surface area contributed by atoms with E-state index in [0.29, 0.717) is 5.76 Å². The fraction of sp³-hybridized carbons (Fsp3) is 0.125. The van der Waals surface area contributed by atoms with Crippen LogP contribution in [0.1, 0.15) is 16.3 Å². The molecular formula is C8H5ClO3. The normalized spacial score (nSPS) is 8.75. The number of hydrogen-bond acceptors (Lipinski definition) is 2. The molecule has 0 spiro atoms. The Morgan fingerprint density at radius 1 is 1.67 bits per heavy atom. The first-order chi connectivity index (χ1) is 5.74. The van der Waals surface area contributed by atoms with Crippen LogP contribution in [0.15, 0.2) is 16.5 Å². The SMILES string of the molecule is O=C(O)c1ccc(C#CCCl)o1. The van der Waals surface area contributed by atoms with Crippen LogP contribution in [0.2, 0.25) is 0 Å². The van der Waals surface area contributed by atoms with Gasteiger partial charge in [-0.05, 0) is 18.1 Å². The highest BCUT2D eigenvalue weighted by Gasteiger charge is 2.06. The molecule has 62 valence electrons. The molecule has 0 bridgehead atoms. The van der Waals surface area contributed by atoms with Gasteiger partial charge in [0.25, 0.3) is 0 Å². The molecule has 12 heavy (non-hydrogen) atoms. The molecule has 3 nitrogen and oxygen atoms in total. The van der Waals surface area contributed by atoms with E-state index in [4.69, 9.17) is 21.1 Å². The second-order valence-corrected chi connectivity index (χ2v) is 2.17. The van der Waals surface area contributed by atoms with E-state index in [9.17, 15) is 4.79 Å². The van der Waals surface area contributed by atoms with Gasteiger partial charge >= 0.3 is 5.97 Å². The van der Waals surface area contributed by atoms with E-state index in [0.717, 1.165) is 0 Å². The molecule has 0 fully saturated rings. The first-order valence-corrected chi connectivity index (χ1v) is 3.65. The van der Waals surface area contributed by atoms with Crippen molar-refractivity contribution < 1.29 is 14.3 Å². The van der Waals surface area contributed by atoms with Crippen molar-refractivity contribution in [3.8, 4) is 11.8 Å². The predicted octanol–water partition coefficient (Wildman–Crippen LogP) is 1.57. The lowest BCUT2D eigenvalue weighted by Gasteiger charge is -1.82. The maximum absolute atomic E-state index is 10.3. The summed E-state index contributed by atoms with van der Waals surface area (Å²) in [6.07, 6.45) is 0. The molecule has 0 aromatic carbocycles. The largest absolute Gasteiger partial charge is 0.475 e. The van der Waals surface area contributed by atoms with Crippen molar-refractivity contribution >= 4 is 17.6 Å². The van der Waals surface area contributed by atoms with E-state index in [2.05, 4.69) is 11.8 Å². The molecule has 4 heteroatoms. The zero-order valence-corrected chi connectivity index (χ0v) is 6.76. The Balaban J connectivity index is 2.84. The number of alkyl halides is 1. The highest BCUT2D eigenvalue weighted by Crippen LogP contribution is 2.05. The quantitative estimate of drug-likeness (QED) is 0.533. The Morgan fingerprint density at radius 3 is 2.92 bits per heavy atom. The Labute approximate surface area is 73.9 Å². The van der Waals surface area contributed by atoms with Gasteiger partial charge in [-0.25, -0.2) is 4.79 Å². The summed E-state index contributed by atoms with van der Waals surface area (Å²) in [6.45, 7) is 0. The molecule has 1 N–H and O–H groups in total. The number of furan rings is 1. The van der Waals surface area contributed by atoms with E-state index >= 15 is 0 Å². The molecule has 1 aromatic heterocycles. The highest BCUT2D eigenvalue weighted by atomic mass is 35.5. The van der Waals surface area contributed by atoms with Crippen LogP contribution in [0, 0.1) is 11.8 Å². The molecular weight excluding hydrogens is 180 g/mol. The van der Waals surface area contributed by atoms with Crippen LogP contribution in [0.25, 0.3) is 0 Å². The van der Waals surface area contributed by atoms with Gasteiger partial charge in [0.2, 0.25) is 5.76 Å². The smallest absolute Gasteiger partial charge is 0.371 e. The summed E-state index contributed by atoms with van der Waals surface area (Å²) in [4.78, 5) is 10.3. The standard InChI is InChI=1S/C8H5ClO3/c9-5-1-2-6-3-4-7(12-6)8(10)11/h3-4H,5H2,(H,10,11). The minimum Gasteiger partial charge on any atom is -0.475 e. The van der Waals surface area contributed by atoms with Crippen LogP contribution >= 0.6 is 11.6 Å². The Morgan fingerprint density at radius 2 is 2.42 bits per heavy atom. The second kappa shape index (κ2) is 3.84. The molecule has 0 amide bonds. The fourth-order valence-electron chi connectivity index (χ4n) is 0.641. The lowest BCUT2D eigenvalue weighted by Crippen LogP contribution is -1.91. The average molecular weight is 185 g/mol. The van der Waals surface area contributed by atoms with Gasteiger partial charge in [0.1, 0.15) is 0 Å². The summed E-state index contributed by atoms with van der Waals surface area (Å²) in [5.41, 5.74) is 0. The minimum absolute atomic E-state index is 0.117. The summed E-state index contributed by atoms with van der Waals surface area (Å²) in [5.74, 6) is 4.39. The van der Waals surface area contributed by atoms with Gasteiger partial charge in [-0.1, -0.05) is 5.92 Å².